The molecule has 1 aliphatic rings. The van der Waals surface area contributed by atoms with Crippen LogP contribution in [0.2, 0.25) is 0 Å². The predicted molar refractivity (Wildman–Crippen MR) is 143 cm³/mol. The number of carbonyl (C=O) groups excluding carboxylic acids is 1. The van der Waals surface area contributed by atoms with Crippen molar-refractivity contribution in [3.63, 3.8) is 0 Å². The molecule has 5 rings (SSSR count). The first-order chi connectivity index (χ1) is 17.1. The third kappa shape index (κ3) is 5.21. The number of aromatic nitrogens is 4. The number of pyridine rings is 2. The molecule has 0 spiro atoms. The largest absolute Gasteiger partial charge is 0.382 e. The zero-order valence-corrected chi connectivity index (χ0v) is 20.9. The van der Waals surface area contributed by atoms with Crippen LogP contribution in [0.5, 0.6) is 0 Å². The molecule has 0 unspecified atom stereocenters. The number of anilines is 2. The second kappa shape index (κ2) is 11.2. The Labute approximate surface area is 206 Å². The van der Waals surface area contributed by atoms with Crippen LogP contribution in [0.1, 0.15) is 55.7 Å². The fourth-order valence-corrected chi connectivity index (χ4v) is 4.61. The van der Waals surface area contributed by atoms with Crippen molar-refractivity contribution in [1.82, 2.24) is 24.8 Å². The van der Waals surface area contributed by atoms with Gasteiger partial charge in [-0.3, -0.25) is 9.78 Å². The lowest BCUT2D eigenvalue weighted by Crippen LogP contribution is -2.25. The molecule has 184 valence electrons. The molecule has 3 N–H and O–H groups in total. The highest BCUT2D eigenvalue weighted by Gasteiger charge is 2.16. The molecule has 0 atom stereocenters. The number of nitrogens with zero attached hydrogens (tertiary/aromatic N) is 5. The smallest absolute Gasteiger partial charge is 0.251 e. The number of rotatable bonds is 7. The van der Waals surface area contributed by atoms with E-state index in [-0.39, 0.29) is 5.91 Å². The summed E-state index contributed by atoms with van der Waals surface area (Å²) >= 11 is 0. The number of unbranched alkanes of at least 4 members (excludes halogenated alkanes) is 1. The molecule has 0 saturated carbocycles. The molecule has 35 heavy (non-hydrogen) atoms. The van der Waals surface area contributed by atoms with E-state index in [1.54, 1.807) is 6.20 Å². The van der Waals surface area contributed by atoms with Crippen LogP contribution >= 0.6 is 0 Å². The van der Waals surface area contributed by atoms with Gasteiger partial charge in [0.25, 0.3) is 5.91 Å². The average Bonchev–Trinajstić information content (AvgIpc) is 3.54. The number of nitrogens with two attached hydrogens (primary N) is 1. The van der Waals surface area contributed by atoms with E-state index in [1.807, 2.05) is 57.2 Å². The van der Waals surface area contributed by atoms with Gasteiger partial charge >= 0.3 is 0 Å². The van der Waals surface area contributed by atoms with E-state index in [1.165, 1.54) is 18.5 Å². The van der Waals surface area contributed by atoms with Gasteiger partial charge in [0.1, 0.15) is 22.4 Å². The zero-order valence-electron chi connectivity index (χ0n) is 20.9. The van der Waals surface area contributed by atoms with Crippen LogP contribution in [-0.4, -0.2) is 45.1 Å². The van der Waals surface area contributed by atoms with Crippen LogP contribution in [0, 0.1) is 6.92 Å². The van der Waals surface area contributed by atoms with Crippen molar-refractivity contribution in [3.8, 4) is 0 Å². The van der Waals surface area contributed by atoms with E-state index in [9.17, 15) is 4.79 Å². The van der Waals surface area contributed by atoms with Gasteiger partial charge in [0.2, 0.25) is 0 Å². The van der Waals surface area contributed by atoms with E-state index >= 15 is 0 Å². The molecule has 8 nitrogen and oxygen atoms in total. The summed E-state index contributed by atoms with van der Waals surface area (Å²) in [5, 5.41) is 3.04. The summed E-state index contributed by atoms with van der Waals surface area (Å²) in [5.74, 6) is 1.29. The fraction of sp³-hybridized carbons (Fsp3) is 0.407. The van der Waals surface area contributed by atoms with Gasteiger partial charge < -0.3 is 20.5 Å². The molecule has 4 heterocycles. The van der Waals surface area contributed by atoms with Gasteiger partial charge in [0, 0.05) is 43.6 Å². The minimum Gasteiger partial charge on any atom is -0.382 e. The number of aryl methyl sites for hydroxylation is 2. The number of nitrogens with one attached hydrogen (secondary N) is 1. The highest BCUT2D eigenvalue weighted by atomic mass is 16.1. The molecular formula is C27H35N7O. The number of benzene rings is 1. The summed E-state index contributed by atoms with van der Waals surface area (Å²) in [4.78, 5) is 28.5. The molecule has 0 radical (unpaired) electrons. The van der Waals surface area contributed by atoms with Crippen molar-refractivity contribution < 1.29 is 4.79 Å². The summed E-state index contributed by atoms with van der Waals surface area (Å²) in [7, 11) is 0. The van der Waals surface area contributed by atoms with Gasteiger partial charge in [-0.2, -0.15) is 0 Å². The molecular weight excluding hydrogens is 438 g/mol. The third-order valence-corrected chi connectivity index (χ3v) is 6.35. The lowest BCUT2D eigenvalue weighted by Gasteiger charge is -2.17. The number of hydrogen-bond acceptors (Lipinski definition) is 6. The standard InChI is InChI=1S/C25H29N7O.C2H6/c1-17-29-22-23(21-20(30-24(22)26)7-6-13-27-21)32(17)16-3-2-12-28-25(33)18-8-10-19(11-9-18)31-14-4-5-15-31;1-2/h6-11,13H,2-5,12,14-16H2,1H3,(H2,26,30)(H,28,33);1-2H3. The van der Waals surface area contributed by atoms with Crippen molar-refractivity contribution >= 4 is 39.5 Å². The number of amides is 1. The topological polar surface area (TPSA) is 102 Å². The monoisotopic (exact) mass is 473 g/mol. The third-order valence-electron chi connectivity index (χ3n) is 6.35. The molecule has 8 heteroatoms. The quantitative estimate of drug-likeness (QED) is 0.377. The average molecular weight is 474 g/mol. The lowest BCUT2D eigenvalue weighted by molar-refractivity contribution is 0.0953. The Morgan fingerprint density at radius 2 is 1.77 bits per heavy atom. The second-order valence-corrected chi connectivity index (χ2v) is 8.58. The molecule has 1 fully saturated rings. The van der Waals surface area contributed by atoms with Crippen LogP contribution in [0.15, 0.2) is 42.6 Å². The van der Waals surface area contributed by atoms with E-state index in [2.05, 4.69) is 29.7 Å². The Balaban J connectivity index is 0.00000141. The number of hydrogen-bond donors (Lipinski definition) is 2. The van der Waals surface area contributed by atoms with Crippen molar-refractivity contribution in [1.29, 1.82) is 0 Å². The van der Waals surface area contributed by atoms with Crippen molar-refractivity contribution in [2.75, 3.05) is 30.3 Å². The fourth-order valence-electron chi connectivity index (χ4n) is 4.61. The lowest BCUT2D eigenvalue weighted by atomic mass is 10.2. The molecule has 1 amide bonds. The summed E-state index contributed by atoms with van der Waals surface area (Å²) in [6, 6.07) is 11.7. The van der Waals surface area contributed by atoms with Crippen molar-refractivity contribution in [2.24, 2.45) is 0 Å². The van der Waals surface area contributed by atoms with Gasteiger partial charge in [-0.15, -0.1) is 0 Å². The first kappa shape index (κ1) is 24.4. The minimum absolute atomic E-state index is 0.0266. The summed E-state index contributed by atoms with van der Waals surface area (Å²) < 4.78 is 2.15. The van der Waals surface area contributed by atoms with Crippen LogP contribution in [-0.2, 0) is 6.54 Å². The Kier molecular flexibility index (Phi) is 7.80. The van der Waals surface area contributed by atoms with Crippen molar-refractivity contribution in [3.05, 3.63) is 54.0 Å². The van der Waals surface area contributed by atoms with Gasteiger partial charge in [0.15, 0.2) is 5.82 Å². The van der Waals surface area contributed by atoms with Gasteiger partial charge in [0.05, 0.1) is 5.52 Å². The number of imidazole rings is 1. The normalized spacial score (nSPS) is 13.2. The molecule has 1 aliphatic heterocycles. The zero-order chi connectivity index (χ0) is 24.8. The molecule has 1 aromatic carbocycles. The molecule has 3 aromatic heterocycles. The maximum absolute atomic E-state index is 12.5. The Bertz CT molecular complexity index is 1290. The van der Waals surface area contributed by atoms with Crippen LogP contribution in [0.3, 0.4) is 0 Å². The Morgan fingerprint density at radius 1 is 1.03 bits per heavy atom. The highest BCUT2D eigenvalue weighted by Crippen LogP contribution is 2.27. The first-order valence-corrected chi connectivity index (χ1v) is 12.6. The summed E-state index contributed by atoms with van der Waals surface area (Å²) in [6.45, 7) is 9.58. The van der Waals surface area contributed by atoms with Crippen LogP contribution in [0.4, 0.5) is 11.5 Å². The maximum Gasteiger partial charge on any atom is 0.251 e. The maximum atomic E-state index is 12.5. The Morgan fingerprint density at radius 3 is 2.51 bits per heavy atom. The SMILES string of the molecule is CC.Cc1nc2c(N)nc3cccnc3c2n1CCCCNC(=O)c1ccc(N2CCCC2)cc1. The van der Waals surface area contributed by atoms with Gasteiger partial charge in [-0.05, 0) is 69.0 Å². The molecule has 1 saturated heterocycles. The summed E-state index contributed by atoms with van der Waals surface area (Å²) in [6.07, 6.45) is 6.01. The van der Waals surface area contributed by atoms with E-state index < -0.39 is 0 Å². The summed E-state index contributed by atoms with van der Waals surface area (Å²) in [5.41, 5.74) is 11.3. The minimum atomic E-state index is -0.0266. The Hall–Kier alpha value is -3.68. The second-order valence-electron chi connectivity index (χ2n) is 8.58. The van der Waals surface area contributed by atoms with Crippen LogP contribution in [0.25, 0.3) is 22.1 Å². The number of fused-ring (bicyclic) bond motifs is 3. The van der Waals surface area contributed by atoms with Gasteiger partial charge in [-0.25, -0.2) is 9.97 Å². The number of carbonyl (C=O) groups is 1. The van der Waals surface area contributed by atoms with Gasteiger partial charge in [-0.1, -0.05) is 13.8 Å². The van der Waals surface area contributed by atoms with Crippen LogP contribution < -0.4 is 16.0 Å². The molecule has 0 aliphatic carbocycles. The molecule has 0 bridgehead atoms. The highest BCUT2D eigenvalue weighted by molar-refractivity contribution is 6.04. The number of nitrogen functional groups attached to an aromatic ring is 1. The van der Waals surface area contributed by atoms with E-state index in [0.29, 0.717) is 23.4 Å². The van der Waals surface area contributed by atoms with E-state index in [4.69, 9.17) is 5.73 Å². The van der Waals surface area contributed by atoms with E-state index in [0.717, 1.165) is 54.9 Å². The first-order valence-electron chi connectivity index (χ1n) is 12.6. The predicted octanol–water partition coefficient (Wildman–Crippen LogP) is 4.71. The van der Waals surface area contributed by atoms with Crippen molar-refractivity contribution in [2.45, 2.75) is 53.0 Å². The molecule has 4 aromatic rings.